The first-order valence-electron chi connectivity index (χ1n) is 13.6. The average Bonchev–Trinajstić information content (AvgIpc) is 3.18. The lowest BCUT2D eigenvalue weighted by Gasteiger charge is -2.76. The number of hydrogen-bond donors (Lipinski definition) is 2. The predicted octanol–water partition coefficient (Wildman–Crippen LogP) is 4.84. The van der Waals surface area contributed by atoms with Crippen LogP contribution in [0.2, 0.25) is 0 Å². The van der Waals surface area contributed by atoms with Crippen molar-refractivity contribution in [1.29, 1.82) is 0 Å². The third kappa shape index (κ3) is 3.37. The van der Waals surface area contributed by atoms with Crippen LogP contribution in [-0.4, -0.2) is 70.5 Å². The minimum atomic E-state index is -0.249. The molecule has 3 aliphatic carbocycles. The highest BCUT2D eigenvalue weighted by Gasteiger charge is 2.71. The van der Waals surface area contributed by atoms with Crippen molar-refractivity contribution < 1.29 is 14.2 Å². The molecular weight excluding hydrogens is 453 g/mol. The van der Waals surface area contributed by atoms with Gasteiger partial charge < -0.3 is 14.8 Å². The molecule has 0 spiro atoms. The molecule has 5 nitrogen and oxygen atoms in total. The molecule has 4 fully saturated rings. The van der Waals surface area contributed by atoms with Crippen molar-refractivity contribution in [2.45, 2.75) is 62.8 Å². The third-order valence-electron chi connectivity index (χ3n) is 9.40. The topological polar surface area (TPSA) is 51.7 Å². The fourth-order valence-electron chi connectivity index (χ4n) is 7.89. The van der Waals surface area contributed by atoms with E-state index in [0.717, 1.165) is 51.1 Å². The van der Waals surface area contributed by atoms with Gasteiger partial charge in [-0.05, 0) is 73.8 Å². The average molecular weight is 490 g/mol. The van der Waals surface area contributed by atoms with Crippen LogP contribution >= 0.6 is 0 Å². The van der Waals surface area contributed by atoms with Crippen LogP contribution < -0.4 is 4.74 Å². The number of rotatable bonds is 8. The molecule has 6 heteroatoms. The van der Waals surface area contributed by atoms with Gasteiger partial charge in [-0.15, -0.1) is 0 Å². The zero-order valence-electron chi connectivity index (χ0n) is 21.0. The normalized spacial score (nSPS) is 32.0. The van der Waals surface area contributed by atoms with Crippen LogP contribution in [0.4, 0.5) is 4.39 Å². The van der Waals surface area contributed by atoms with Crippen LogP contribution in [0.1, 0.15) is 55.5 Å². The number of hydrogen-bond acceptors (Lipinski definition) is 4. The Morgan fingerprint density at radius 3 is 2.56 bits per heavy atom. The highest BCUT2D eigenvalue weighted by Crippen LogP contribution is 2.71. The van der Waals surface area contributed by atoms with Crippen molar-refractivity contribution in [3.8, 4) is 5.75 Å². The molecule has 2 N–H and O–H groups in total. The quantitative estimate of drug-likeness (QED) is 0.475. The molecule has 1 aromatic heterocycles. The first-order valence-corrected chi connectivity index (χ1v) is 13.6. The summed E-state index contributed by atoms with van der Waals surface area (Å²) in [5, 5.41) is 11.3. The van der Waals surface area contributed by atoms with E-state index in [2.05, 4.69) is 70.2 Å². The monoisotopic (exact) mass is 489 g/mol. The molecule has 36 heavy (non-hydrogen) atoms. The summed E-state index contributed by atoms with van der Waals surface area (Å²) in [6, 6.07) is 18.0. The summed E-state index contributed by atoms with van der Waals surface area (Å²) >= 11 is 0. The van der Waals surface area contributed by atoms with E-state index in [0.29, 0.717) is 19.1 Å². The molecule has 2 bridgehead atoms. The van der Waals surface area contributed by atoms with Crippen LogP contribution in [0.25, 0.3) is 10.9 Å². The smallest absolute Gasteiger partial charge is 0.124 e. The van der Waals surface area contributed by atoms with Crippen molar-refractivity contribution in [2.24, 2.45) is 5.41 Å². The Bertz CT molecular complexity index is 1250. The maximum atomic E-state index is 12.4. The van der Waals surface area contributed by atoms with Crippen molar-refractivity contribution in [1.82, 2.24) is 14.8 Å². The van der Waals surface area contributed by atoms with E-state index in [-0.39, 0.29) is 29.8 Å². The summed E-state index contributed by atoms with van der Waals surface area (Å²) in [6.45, 7) is 5.02. The SMILES string of the molecule is CC1Cc2c([nH]c3ccccc23)[C@@H](c2ccc(OC3CN(CCCF)C3)cc2)N1C12CC(CO)(C1)C2. The Kier molecular flexibility index (Phi) is 5.25. The fourth-order valence-corrected chi connectivity index (χ4v) is 7.89. The second-order valence-electron chi connectivity index (χ2n) is 11.9. The summed E-state index contributed by atoms with van der Waals surface area (Å²) in [6.07, 6.45) is 5.16. The highest BCUT2D eigenvalue weighted by molar-refractivity contribution is 5.85. The first-order chi connectivity index (χ1) is 17.5. The molecule has 1 saturated heterocycles. The summed E-state index contributed by atoms with van der Waals surface area (Å²) in [5.74, 6) is 0.908. The number of aliphatic hydroxyl groups excluding tert-OH is 1. The van der Waals surface area contributed by atoms with Gasteiger partial charge in [0.15, 0.2) is 0 Å². The number of halogens is 1. The number of aromatic amines is 1. The second kappa shape index (κ2) is 8.30. The molecule has 2 atom stereocenters. The van der Waals surface area contributed by atoms with Gasteiger partial charge in [0.05, 0.1) is 12.7 Å². The standard InChI is InChI=1S/C30H36FN3O2/c1-20-13-25-24-5-2-3-6-26(24)32-27(25)28(34(20)30-16-29(17-30,18-30)19-35)21-7-9-22(10-8-21)36-23-14-33(15-23)12-4-11-31/h2-3,5-10,20,23,28,32,35H,4,11-19H2,1H3/t20?,28-,29?,30?/m1/s1. The largest absolute Gasteiger partial charge is 0.488 e. The molecule has 3 aromatic rings. The van der Waals surface area contributed by atoms with Gasteiger partial charge in [-0.25, -0.2) is 0 Å². The summed E-state index contributed by atoms with van der Waals surface area (Å²) in [7, 11) is 0. The molecule has 5 aliphatic rings. The van der Waals surface area contributed by atoms with Gasteiger partial charge in [0.25, 0.3) is 0 Å². The summed E-state index contributed by atoms with van der Waals surface area (Å²) in [4.78, 5) is 8.83. The number of nitrogens with one attached hydrogen (secondary N) is 1. The highest BCUT2D eigenvalue weighted by atomic mass is 19.1. The number of benzene rings is 2. The van der Waals surface area contributed by atoms with Crippen molar-refractivity contribution in [3.63, 3.8) is 0 Å². The minimum Gasteiger partial charge on any atom is -0.488 e. The number of aromatic nitrogens is 1. The number of ether oxygens (including phenoxy) is 1. The van der Waals surface area contributed by atoms with E-state index in [1.807, 2.05) is 0 Å². The number of likely N-dealkylation sites (tertiary alicyclic amines) is 1. The Balaban J connectivity index is 1.18. The van der Waals surface area contributed by atoms with Crippen molar-refractivity contribution in [3.05, 3.63) is 65.4 Å². The molecule has 0 amide bonds. The van der Waals surface area contributed by atoms with Gasteiger partial charge in [0, 0.05) is 54.4 Å². The number of H-pyrrole nitrogens is 1. The molecule has 3 heterocycles. The summed E-state index contributed by atoms with van der Waals surface area (Å²) < 4.78 is 18.6. The molecule has 2 aromatic carbocycles. The maximum absolute atomic E-state index is 12.4. The number of alkyl halides is 1. The molecule has 2 aliphatic heterocycles. The number of aliphatic hydroxyl groups is 1. The van der Waals surface area contributed by atoms with E-state index in [1.54, 1.807) is 0 Å². The predicted molar refractivity (Wildman–Crippen MR) is 139 cm³/mol. The van der Waals surface area contributed by atoms with E-state index in [9.17, 15) is 9.50 Å². The van der Waals surface area contributed by atoms with Gasteiger partial charge in [0.1, 0.15) is 11.9 Å². The van der Waals surface area contributed by atoms with Gasteiger partial charge in [-0.1, -0.05) is 30.3 Å². The third-order valence-corrected chi connectivity index (χ3v) is 9.40. The lowest BCUT2D eigenvalue weighted by atomic mass is 9.38. The number of fused-ring (bicyclic) bond motifs is 3. The Morgan fingerprint density at radius 2 is 1.83 bits per heavy atom. The molecule has 1 unspecified atom stereocenters. The van der Waals surface area contributed by atoms with Crippen LogP contribution in [-0.2, 0) is 6.42 Å². The van der Waals surface area contributed by atoms with Gasteiger partial charge >= 0.3 is 0 Å². The zero-order valence-corrected chi connectivity index (χ0v) is 21.0. The van der Waals surface area contributed by atoms with Crippen LogP contribution in [0.15, 0.2) is 48.5 Å². The van der Waals surface area contributed by atoms with Gasteiger partial charge in [0.2, 0.25) is 0 Å². The van der Waals surface area contributed by atoms with E-state index in [4.69, 9.17) is 4.74 Å². The lowest BCUT2D eigenvalue weighted by Crippen LogP contribution is -2.77. The van der Waals surface area contributed by atoms with Crippen molar-refractivity contribution in [2.75, 3.05) is 32.9 Å². The van der Waals surface area contributed by atoms with E-state index in [1.165, 1.54) is 27.7 Å². The summed E-state index contributed by atoms with van der Waals surface area (Å²) in [5.41, 5.74) is 5.66. The van der Waals surface area contributed by atoms with E-state index >= 15 is 0 Å². The maximum Gasteiger partial charge on any atom is 0.124 e. The Morgan fingerprint density at radius 1 is 1.08 bits per heavy atom. The first kappa shape index (κ1) is 22.8. The Labute approximate surface area is 212 Å². The zero-order chi connectivity index (χ0) is 24.5. The van der Waals surface area contributed by atoms with Crippen LogP contribution in [0.3, 0.4) is 0 Å². The minimum absolute atomic E-state index is 0.169. The second-order valence-corrected chi connectivity index (χ2v) is 11.9. The van der Waals surface area contributed by atoms with E-state index < -0.39 is 0 Å². The van der Waals surface area contributed by atoms with Crippen LogP contribution in [0, 0.1) is 5.41 Å². The molecule has 190 valence electrons. The molecule has 8 rings (SSSR count). The number of para-hydroxylation sites is 1. The molecular formula is C30H36FN3O2. The molecule has 3 saturated carbocycles. The molecule has 0 radical (unpaired) electrons. The van der Waals surface area contributed by atoms with Crippen LogP contribution in [0.5, 0.6) is 5.75 Å². The lowest BCUT2D eigenvalue weighted by molar-refractivity contribution is -0.254. The van der Waals surface area contributed by atoms with Gasteiger partial charge in [-0.2, -0.15) is 0 Å². The Hall–Kier alpha value is -2.41. The fraction of sp³-hybridized carbons (Fsp3) is 0.533. The van der Waals surface area contributed by atoms with Gasteiger partial charge in [-0.3, -0.25) is 14.2 Å². The van der Waals surface area contributed by atoms with Crippen molar-refractivity contribution >= 4 is 10.9 Å². The number of nitrogens with zero attached hydrogens (tertiary/aromatic N) is 2.